The van der Waals surface area contributed by atoms with Crippen molar-refractivity contribution in [1.82, 2.24) is 9.97 Å². The fourth-order valence-corrected chi connectivity index (χ4v) is 6.68. The molecule has 0 atom stereocenters. The molecular formula is C35H23N9Na2O8S2. The molecule has 0 bridgehead atoms. The number of H-pyrrole nitrogens is 1. The molecule has 1 aromatic heterocycles. The van der Waals surface area contributed by atoms with Gasteiger partial charge >= 0.3 is 59.1 Å². The van der Waals surface area contributed by atoms with E-state index in [2.05, 4.69) is 41.3 Å². The minimum absolute atomic E-state index is 0. The molecule has 2 aliphatic rings. The Morgan fingerprint density at radius 3 is 2.09 bits per heavy atom. The minimum Gasteiger partial charge on any atom is -0.744 e. The van der Waals surface area contributed by atoms with Gasteiger partial charge in [-0.05, 0) is 96.6 Å². The Hall–Kier alpha value is -4.93. The van der Waals surface area contributed by atoms with E-state index in [0.717, 1.165) is 11.6 Å². The molecule has 5 aromatic rings. The summed E-state index contributed by atoms with van der Waals surface area (Å²) in [5, 5.41) is 16.1. The van der Waals surface area contributed by atoms with Crippen molar-refractivity contribution in [3.8, 4) is 11.4 Å². The fourth-order valence-electron chi connectivity index (χ4n) is 5.37. The van der Waals surface area contributed by atoms with Crippen LogP contribution in [0.4, 0.5) is 28.4 Å². The standard InChI is InChI=1S/C35H25N9O8S2.2Na/c36-31-30-20(17-29(54(50,51)52)33(34(30)46)44-40-21-4-2-1-3-5-21)16-28(53(47,48)49)32(31)43-41-22-8-6-19(7-9-22)35-37-26-15-12-24(18-27(26)38-35)42-39-23-10-13-25(45)14-11-23;;/h1-18,40,42H,36H2,(H,37,38)(H,47,48,49)(H,50,51,52);;/q;2*+1/p-2/b43-41?,44-33+;;. The predicted molar refractivity (Wildman–Crippen MR) is 198 cm³/mol. The van der Waals surface area contributed by atoms with Crippen LogP contribution in [-0.2, 0) is 25.0 Å². The van der Waals surface area contributed by atoms with Crippen LogP contribution in [0.1, 0.15) is 15.9 Å². The number of hydrazone groups is 2. The summed E-state index contributed by atoms with van der Waals surface area (Å²) in [5.74, 6) is -0.749. The number of ketones is 2. The number of azo groups is 1. The van der Waals surface area contributed by atoms with E-state index in [-0.39, 0.29) is 70.6 Å². The first-order chi connectivity index (χ1) is 25.7. The molecule has 5 N–H and O–H groups in total. The summed E-state index contributed by atoms with van der Waals surface area (Å²) in [6.07, 6.45) is 6.73. The van der Waals surface area contributed by atoms with Crippen molar-refractivity contribution in [2.75, 3.05) is 16.6 Å². The van der Waals surface area contributed by atoms with Crippen molar-refractivity contribution < 1.29 is 94.6 Å². The van der Waals surface area contributed by atoms with Crippen molar-refractivity contribution in [2.45, 2.75) is 4.90 Å². The van der Waals surface area contributed by atoms with Crippen LogP contribution < -0.4 is 75.7 Å². The number of carbonyl (C=O) groups excluding carboxylic acids is 2. The Balaban J connectivity index is 0.00000300. The number of nitrogens with one attached hydrogen (secondary N) is 3. The SMILES string of the molecule is Nc1c(N=Nc2ccc(-c3nc4cc(NN=C5C=CC(=O)C=C5)ccc4[nH]3)cc2)c(S(=O)(=O)[O-])cc2c1C(=O)/C(=N/Nc1ccccc1)C(S(=O)(=O)[O-])=C2.[Na+].[Na+]. The molecule has 0 fully saturated rings. The second kappa shape index (κ2) is 17.1. The van der Waals surface area contributed by atoms with E-state index in [1.54, 1.807) is 66.7 Å². The normalized spacial score (nSPS) is 14.6. The van der Waals surface area contributed by atoms with Crippen molar-refractivity contribution in [3.63, 3.8) is 0 Å². The number of nitrogen functional groups attached to an aromatic ring is 1. The quantitative estimate of drug-likeness (QED) is 0.0354. The van der Waals surface area contributed by atoms with E-state index in [1.165, 1.54) is 24.3 Å². The smallest absolute Gasteiger partial charge is 0.744 e. The van der Waals surface area contributed by atoms with Gasteiger partial charge in [-0.3, -0.25) is 20.4 Å². The molecule has 21 heteroatoms. The molecule has 2 aliphatic carbocycles. The average Bonchev–Trinajstić information content (AvgIpc) is 3.57. The van der Waals surface area contributed by atoms with Crippen LogP contribution in [0.3, 0.4) is 0 Å². The summed E-state index contributed by atoms with van der Waals surface area (Å²) < 4.78 is 73.5. The Morgan fingerprint density at radius 2 is 1.43 bits per heavy atom. The Labute approximate surface area is 362 Å². The second-order valence-electron chi connectivity index (χ2n) is 11.6. The molecule has 0 saturated carbocycles. The van der Waals surface area contributed by atoms with Gasteiger partial charge in [0.1, 0.15) is 37.5 Å². The molecule has 17 nitrogen and oxygen atoms in total. The summed E-state index contributed by atoms with van der Waals surface area (Å²) in [6.45, 7) is 0. The van der Waals surface area contributed by atoms with Crippen molar-refractivity contribution in [3.05, 3.63) is 119 Å². The molecule has 4 aromatic carbocycles. The molecule has 0 aliphatic heterocycles. The van der Waals surface area contributed by atoms with Crippen molar-refractivity contribution in [2.24, 2.45) is 20.4 Å². The van der Waals surface area contributed by atoms with Gasteiger partial charge in [-0.2, -0.15) is 15.3 Å². The number of benzene rings is 4. The number of hydrogen-bond acceptors (Lipinski definition) is 16. The summed E-state index contributed by atoms with van der Waals surface area (Å²) in [4.78, 5) is 30.7. The second-order valence-corrected chi connectivity index (χ2v) is 14.3. The molecule has 0 radical (unpaired) electrons. The van der Waals surface area contributed by atoms with Crippen LogP contribution in [0, 0.1) is 0 Å². The number of allylic oxidation sites excluding steroid dienone is 5. The van der Waals surface area contributed by atoms with Gasteiger partial charge in [-0.15, -0.1) is 5.11 Å². The monoisotopic (exact) mass is 807 g/mol. The zero-order valence-corrected chi connectivity index (χ0v) is 34.9. The number of nitrogens with two attached hydrogens (primary N) is 1. The van der Waals surface area contributed by atoms with E-state index < -0.39 is 64.0 Å². The maximum absolute atomic E-state index is 13.6. The maximum atomic E-state index is 13.6. The van der Waals surface area contributed by atoms with E-state index >= 15 is 0 Å². The van der Waals surface area contributed by atoms with E-state index in [9.17, 15) is 35.5 Å². The number of Topliss-reactive ketones (excluding diaryl/α,β-unsaturated/α-hetero) is 1. The fraction of sp³-hybridized carbons (Fsp3) is 0. The number of anilines is 3. The number of para-hydroxylation sites is 1. The van der Waals surface area contributed by atoms with Crippen molar-refractivity contribution >= 4 is 88.8 Å². The number of aromatic nitrogens is 2. The van der Waals surface area contributed by atoms with E-state index in [1.807, 2.05) is 6.07 Å². The largest absolute Gasteiger partial charge is 1.00 e. The van der Waals surface area contributed by atoms with Gasteiger partial charge in [0.2, 0.25) is 5.78 Å². The summed E-state index contributed by atoms with van der Waals surface area (Å²) in [7, 11) is -10.7. The molecule has 0 saturated heterocycles. The average molecular weight is 808 g/mol. The third kappa shape index (κ3) is 9.19. The Kier molecular flexibility index (Phi) is 12.9. The number of fused-ring (bicyclic) bond motifs is 2. The van der Waals surface area contributed by atoms with Gasteiger partial charge in [0.05, 0.1) is 54.9 Å². The number of nitrogens with zero attached hydrogens (tertiary/aromatic N) is 5. The summed E-state index contributed by atoms with van der Waals surface area (Å²) in [5.41, 5.74) is 12.5. The predicted octanol–water partition coefficient (Wildman–Crippen LogP) is -0.847. The zero-order valence-electron chi connectivity index (χ0n) is 29.3. The topological polar surface area (TPSA) is 277 Å². The molecular weight excluding hydrogens is 785 g/mol. The summed E-state index contributed by atoms with van der Waals surface area (Å²) >= 11 is 0. The molecule has 0 amide bonds. The third-order valence-corrected chi connectivity index (χ3v) is 9.64. The number of rotatable bonds is 9. The van der Waals surface area contributed by atoms with Gasteiger partial charge in [0.25, 0.3) is 0 Å². The number of imidazole rings is 1. The number of aromatic amines is 1. The van der Waals surface area contributed by atoms with Gasteiger partial charge in [0, 0.05) is 5.56 Å². The Bertz CT molecular complexity index is 2800. The molecule has 270 valence electrons. The van der Waals surface area contributed by atoms with Gasteiger partial charge in [-0.25, -0.2) is 21.8 Å². The first-order valence-electron chi connectivity index (χ1n) is 15.5. The molecule has 56 heavy (non-hydrogen) atoms. The minimum atomic E-state index is -5.33. The maximum Gasteiger partial charge on any atom is 1.00 e. The van der Waals surface area contributed by atoms with Crippen LogP contribution in [0.5, 0.6) is 0 Å². The zero-order chi connectivity index (χ0) is 38.2. The van der Waals surface area contributed by atoms with Crippen LogP contribution in [0.25, 0.3) is 28.5 Å². The first kappa shape index (κ1) is 42.2. The number of carbonyl (C=O) groups is 2. The molecule has 1 heterocycles. The summed E-state index contributed by atoms with van der Waals surface area (Å²) in [6, 6.07) is 20.6. The molecule has 0 unspecified atom stereocenters. The van der Waals surface area contributed by atoms with Crippen molar-refractivity contribution in [1.29, 1.82) is 0 Å². The molecule has 0 spiro atoms. The Morgan fingerprint density at radius 1 is 0.750 bits per heavy atom. The van der Waals surface area contributed by atoms with Crippen LogP contribution in [0.15, 0.2) is 133 Å². The molecule has 7 rings (SSSR count). The van der Waals surface area contributed by atoms with Gasteiger partial charge in [0.15, 0.2) is 5.78 Å². The van der Waals surface area contributed by atoms with Crippen LogP contribution >= 0.6 is 0 Å². The number of hydrogen-bond donors (Lipinski definition) is 4. The van der Waals surface area contributed by atoms with Crippen LogP contribution in [-0.4, -0.2) is 58.9 Å². The van der Waals surface area contributed by atoms with E-state index in [4.69, 9.17) is 5.73 Å². The third-order valence-electron chi connectivity index (χ3n) is 7.94. The van der Waals surface area contributed by atoms with Gasteiger partial charge in [-0.1, -0.05) is 18.2 Å². The van der Waals surface area contributed by atoms with E-state index in [0.29, 0.717) is 40.1 Å². The first-order valence-corrected chi connectivity index (χ1v) is 18.4. The van der Waals surface area contributed by atoms with Crippen LogP contribution in [0.2, 0.25) is 0 Å². The van der Waals surface area contributed by atoms with Gasteiger partial charge < -0.3 is 19.8 Å².